The fourth-order valence-electron chi connectivity index (χ4n) is 1.21. The van der Waals surface area contributed by atoms with Crippen LogP contribution in [0.15, 0.2) is 0 Å². The van der Waals surface area contributed by atoms with E-state index in [0.717, 1.165) is 4.90 Å². The van der Waals surface area contributed by atoms with Crippen LogP contribution in [0.25, 0.3) is 0 Å². The summed E-state index contributed by atoms with van der Waals surface area (Å²) in [6.45, 7) is 4.87. The van der Waals surface area contributed by atoms with Crippen LogP contribution in [0.5, 0.6) is 0 Å². The van der Waals surface area contributed by atoms with Gasteiger partial charge in [-0.15, -0.1) is 0 Å². The Hall–Kier alpha value is -1.79. The van der Waals surface area contributed by atoms with Gasteiger partial charge in [-0.05, 0) is 5.41 Å². The van der Waals surface area contributed by atoms with Crippen LogP contribution in [0.3, 0.4) is 0 Å². The van der Waals surface area contributed by atoms with Gasteiger partial charge in [0.1, 0.15) is 12.6 Å². The Balaban J connectivity index is 4.62. The van der Waals surface area contributed by atoms with Crippen molar-refractivity contribution in [1.29, 1.82) is 0 Å². The highest BCUT2D eigenvalue weighted by Crippen LogP contribution is 2.19. The lowest BCUT2D eigenvalue weighted by atomic mass is 9.87. The minimum absolute atomic E-state index is 0.237. The van der Waals surface area contributed by atoms with Gasteiger partial charge in [0, 0.05) is 7.05 Å². The minimum Gasteiger partial charge on any atom is -0.480 e. The monoisotopic (exact) mass is 260 g/mol. The fraction of sp³-hybridized carbons (Fsp3) is 0.727. The van der Waals surface area contributed by atoms with Crippen molar-refractivity contribution in [2.45, 2.75) is 26.8 Å². The van der Waals surface area contributed by atoms with Gasteiger partial charge in [0.2, 0.25) is 0 Å². The third-order valence-electron chi connectivity index (χ3n) is 2.32. The molecule has 2 amide bonds. The molecule has 0 aliphatic rings. The average Bonchev–Trinajstić information content (AvgIpc) is 2.22. The van der Waals surface area contributed by atoms with Gasteiger partial charge in [0.15, 0.2) is 0 Å². The number of ether oxygens (including phenoxy) is 1. The first-order valence-electron chi connectivity index (χ1n) is 5.40. The summed E-state index contributed by atoms with van der Waals surface area (Å²) in [4.78, 5) is 34.8. The standard InChI is InChI=1S/C11H20N2O5/c1-11(2,3)8(9(15)16)12-10(17)13(4)6-7(14)18-5/h8H,6H2,1-5H3,(H,12,17)(H,15,16)/t8-/m1/s1. The first-order chi connectivity index (χ1) is 8.09. The number of aliphatic carboxylic acids is 1. The van der Waals surface area contributed by atoms with Gasteiger partial charge in [-0.2, -0.15) is 0 Å². The average molecular weight is 260 g/mol. The molecule has 2 N–H and O–H groups in total. The molecule has 0 unspecified atom stereocenters. The fourth-order valence-corrected chi connectivity index (χ4v) is 1.21. The van der Waals surface area contributed by atoms with Crippen molar-refractivity contribution in [3.63, 3.8) is 0 Å². The molecule has 0 rings (SSSR count). The molecule has 0 fully saturated rings. The first-order valence-corrected chi connectivity index (χ1v) is 5.40. The van der Waals surface area contributed by atoms with Crippen LogP contribution in [0.4, 0.5) is 4.79 Å². The second kappa shape index (κ2) is 6.23. The molecule has 0 aromatic rings. The molecule has 7 heteroatoms. The molecular formula is C11H20N2O5. The van der Waals surface area contributed by atoms with Crippen LogP contribution in [-0.2, 0) is 14.3 Å². The van der Waals surface area contributed by atoms with Crippen LogP contribution in [0.1, 0.15) is 20.8 Å². The highest BCUT2D eigenvalue weighted by Gasteiger charge is 2.33. The third-order valence-corrected chi connectivity index (χ3v) is 2.32. The highest BCUT2D eigenvalue weighted by molar-refractivity contribution is 5.85. The van der Waals surface area contributed by atoms with Gasteiger partial charge < -0.3 is 20.1 Å². The summed E-state index contributed by atoms with van der Waals surface area (Å²) >= 11 is 0. The predicted molar refractivity (Wildman–Crippen MR) is 64.1 cm³/mol. The maximum Gasteiger partial charge on any atom is 0.326 e. The van der Waals surface area contributed by atoms with Gasteiger partial charge in [0.05, 0.1) is 7.11 Å². The summed E-state index contributed by atoms with van der Waals surface area (Å²) in [7, 11) is 2.59. The number of nitrogens with one attached hydrogen (secondary N) is 1. The number of methoxy groups -OCH3 is 1. The van der Waals surface area contributed by atoms with Gasteiger partial charge >= 0.3 is 18.0 Å². The zero-order valence-corrected chi connectivity index (χ0v) is 11.3. The second-order valence-corrected chi connectivity index (χ2v) is 5.02. The minimum atomic E-state index is -1.12. The Morgan fingerprint density at radius 1 is 1.33 bits per heavy atom. The maximum atomic E-state index is 11.7. The van der Waals surface area contributed by atoms with E-state index in [4.69, 9.17) is 5.11 Å². The molecule has 0 saturated carbocycles. The molecule has 18 heavy (non-hydrogen) atoms. The summed E-state index contributed by atoms with van der Waals surface area (Å²) in [5.74, 6) is -1.70. The number of urea groups is 1. The van der Waals surface area contributed by atoms with Gasteiger partial charge in [-0.25, -0.2) is 9.59 Å². The van der Waals surface area contributed by atoms with Gasteiger partial charge in [0.25, 0.3) is 0 Å². The molecule has 0 saturated heterocycles. The van der Waals surface area contributed by atoms with Crippen molar-refractivity contribution in [3.8, 4) is 0 Å². The van der Waals surface area contributed by atoms with Crippen LogP contribution in [0.2, 0.25) is 0 Å². The van der Waals surface area contributed by atoms with E-state index in [0.29, 0.717) is 0 Å². The van der Waals surface area contributed by atoms with E-state index in [1.54, 1.807) is 20.8 Å². The number of amides is 2. The Labute approximate surface area is 106 Å². The van der Waals surface area contributed by atoms with Crippen molar-refractivity contribution < 1.29 is 24.2 Å². The summed E-state index contributed by atoms with van der Waals surface area (Å²) < 4.78 is 4.41. The molecule has 104 valence electrons. The lowest BCUT2D eigenvalue weighted by molar-refractivity contribution is -0.142. The number of nitrogens with zero attached hydrogens (tertiary/aromatic N) is 1. The number of carboxylic acid groups (broad SMARTS) is 1. The number of hydrogen-bond acceptors (Lipinski definition) is 4. The number of rotatable bonds is 4. The second-order valence-electron chi connectivity index (χ2n) is 5.02. The van der Waals surface area contributed by atoms with Crippen molar-refractivity contribution in [2.75, 3.05) is 20.7 Å². The zero-order valence-electron chi connectivity index (χ0n) is 11.3. The van der Waals surface area contributed by atoms with Crippen LogP contribution >= 0.6 is 0 Å². The van der Waals surface area contributed by atoms with Crippen molar-refractivity contribution >= 4 is 18.0 Å². The largest absolute Gasteiger partial charge is 0.480 e. The van der Waals surface area contributed by atoms with E-state index in [-0.39, 0.29) is 6.54 Å². The van der Waals surface area contributed by atoms with Gasteiger partial charge in [-0.1, -0.05) is 20.8 Å². The first kappa shape index (κ1) is 16.2. The van der Waals surface area contributed by atoms with Crippen molar-refractivity contribution in [2.24, 2.45) is 5.41 Å². The van der Waals surface area contributed by atoms with E-state index in [1.807, 2.05) is 0 Å². The number of carbonyl (C=O) groups is 3. The van der Waals surface area contributed by atoms with Crippen molar-refractivity contribution in [3.05, 3.63) is 0 Å². The Bertz CT molecular complexity index is 335. The quantitative estimate of drug-likeness (QED) is 0.709. The maximum absolute atomic E-state index is 11.7. The van der Waals surface area contributed by atoms with E-state index >= 15 is 0 Å². The SMILES string of the molecule is COC(=O)CN(C)C(=O)N[C@H](C(=O)O)C(C)(C)C. The zero-order chi connectivity index (χ0) is 14.5. The topological polar surface area (TPSA) is 95.9 Å². The molecular weight excluding hydrogens is 240 g/mol. The molecule has 0 aromatic heterocycles. The molecule has 0 bridgehead atoms. The molecule has 7 nitrogen and oxygen atoms in total. The van der Waals surface area contributed by atoms with Crippen LogP contribution < -0.4 is 5.32 Å². The predicted octanol–water partition coefficient (Wildman–Crippen LogP) is 0.300. The molecule has 0 heterocycles. The summed E-state index contributed by atoms with van der Waals surface area (Å²) in [5, 5.41) is 11.4. The normalized spacial score (nSPS) is 12.5. The number of likely N-dealkylation sites (N-methyl/N-ethyl adjacent to an activating group) is 1. The lowest BCUT2D eigenvalue weighted by Gasteiger charge is -2.29. The molecule has 0 aliphatic carbocycles. The number of hydrogen-bond donors (Lipinski definition) is 2. The summed E-state index contributed by atoms with van der Waals surface area (Å²) in [6.07, 6.45) is 0. The number of carbonyl (C=O) groups excluding carboxylic acids is 2. The summed E-state index contributed by atoms with van der Waals surface area (Å²) in [5.41, 5.74) is -0.631. The number of carboxylic acids is 1. The van der Waals surface area contributed by atoms with Crippen LogP contribution in [-0.4, -0.2) is 54.7 Å². The third kappa shape index (κ3) is 5.03. The Morgan fingerprint density at radius 2 is 1.83 bits per heavy atom. The van der Waals surface area contributed by atoms with Crippen molar-refractivity contribution in [1.82, 2.24) is 10.2 Å². The number of esters is 1. The molecule has 0 aromatic carbocycles. The molecule has 0 spiro atoms. The van der Waals surface area contributed by atoms with E-state index in [1.165, 1.54) is 14.2 Å². The molecule has 1 atom stereocenters. The van der Waals surface area contributed by atoms with Gasteiger partial charge in [-0.3, -0.25) is 4.79 Å². The Kier molecular flexibility index (Phi) is 5.61. The van der Waals surface area contributed by atoms with E-state index < -0.39 is 29.4 Å². The smallest absolute Gasteiger partial charge is 0.326 e. The Morgan fingerprint density at radius 3 is 2.17 bits per heavy atom. The summed E-state index contributed by atoms with van der Waals surface area (Å²) in [6, 6.07) is -1.67. The highest BCUT2D eigenvalue weighted by atomic mass is 16.5. The molecule has 0 radical (unpaired) electrons. The van der Waals surface area contributed by atoms with E-state index in [2.05, 4.69) is 10.1 Å². The van der Waals surface area contributed by atoms with E-state index in [9.17, 15) is 14.4 Å². The lowest BCUT2D eigenvalue weighted by Crippen LogP contribution is -2.53. The van der Waals surface area contributed by atoms with Crippen LogP contribution in [0, 0.1) is 5.41 Å². The molecule has 0 aliphatic heterocycles.